The smallest absolute Gasteiger partial charge is 0.256 e. The molecule has 2 aromatic carbocycles. The Labute approximate surface area is 162 Å². The molecule has 1 heterocycles. The van der Waals surface area contributed by atoms with E-state index in [-0.39, 0.29) is 48.9 Å². The summed E-state index contributed by atoms with van der Waals surface area (Å²) in [5, 5.41) is 0. The highest BCUT2D eigenvalue weighted by Gasteiger charge is 2.28. The molecule has 3 rings (SSSR count). The highest BCUT2D eigenvalue weighted by atomic mass is 32.2. The summed E-state index contributed by atoms with van der Waals surface area (Å²) in [6.45, 7) is 0.854. The molecule has 0 atom stereocenters. The van der Waals surface area contributed by atoms with Gasteiger partial charge in [0.15, 0.2) is 0 Å². The topological polar surface area (TPSA) is 66.9 Å². The molecule has 0 N–H and O–H groups in total. The van der Waals surface area contributed by atoms with Crippen LogP contribution in [0.5, 0.6) is 0 Å². The van der Waals surface area contributed by atoms with Crippen molar-refractivity contribution in [3.8, 4) is 0 Å². The Morgan fingerprint density at radius 2 is 1.79 bits per heavy atom. The Balaban J connectivity index is 1.86. The van der Waals surface area contributed by atoms with Crippen LogP contribution in [0.2, 0.25) is 0 Å². The molecule has 0 radical (unpaired) electrons. The molecule has 150 valence electrons. The summed E-state index contributed by atoms with van der Waals surface area (Å²) in [5.74, 6) is -2.06. The lowest BCUT2D eigenvalue weighted by Gasteiger charge is -2.26. The van der Waals surface area contributed by atoms with Crippen LogP contribution in [0.15, 0.2) is 47.4 Å². The number of carbonyl (C=O) groups excluding carboxylic acids is 1. The van der Waals surface area contributed by atoms with Gasteiger partial charge >= 0.3 is 0 Å². The van der Waals surface area contributed by atoms with Crippen molar-refractivity contribution in [3.05, 3.63) is 65.2 Å². The van der Waals surface area contributed by atoms with Gasteiger partial charge in [-0.2, -0.15) is 4.31 Å². The number of sulfonamides is 1. The van der Waals surface area contributed by atoms with Crippen molar-refractivity contribution in [2.45, 2.75) is 11.4 Å². The third-order valence-electron chi connectivity index (χ3n) is 4.49. The summed E-state index contributed by atoms with van der Waals surface area (Å²) in [7, 11) is -2.47. The molecule has 1 aliphatic heterocycles. The van der Waals surface area contributed by atoms with Gasteiger partial charge in [0, 0.05) is 32.2 Å². The maximum atomic E-state index is 14.3. The lowest BCUT2D eigenvalue weighted by Crippen LogP contribution is -2.40. The Kier molecular flexibility index (Phi) is 6.07. The number of carbonyl (C=O) groups is 1. The van der Waals surface area contributed by atoms with Gasteiger partial charge in [0.2, 0.25) is 10.0 Å². The number of ether oxygens (including phenoxy) is 1. The second-order valence-corrected chi connectivity index (χ2v) is 8.35. The lowest BCUT2D eigenvalue weighted by atomic mass is 10.1. The number of amides is 1. The molecule has 0 aromatic heterocycles. The van der Waals surface area contributed by atoms with Crippen molar-refractivity contribution in [2.24, 2.45) is 0 Å². The summed E-state index contributed by atoms with van der Waals surface area (Å²) >= 11 is 0. The Morgan fingerprint density at radius 3 is 2.46 bits per heavy atom. The molecule has 1 fully saturated rings. The number of benzene rings is 2. The predicted molar refractivity (Wildman–Crippen MR) is 98.2 cm³/mol. The Hall–Kier alpha value is -2.36. The van der Waals surface area contributed by atoms with Crippen LogP contribution in [0.1, 0.15) is 15.9 Å². The molecule has 9 heteroatoms. The fourth-order valence-corrected chi connectivity index (χ4v) is 4.36. The van der Waals surface area contributed by atoms with Crippen LogP contribution < -0.4 is 0 Å². The first-order chi connectivity index (χ1) is 13.3. The monoisotopic (exact) mass is 410 g/mol. The molecule has 2 aromatic rings. The van der Waals surface area contributed by atoms with Crippen molar-refractivity contribution >= 4 is 15.9 Å². The first-order valence-electron chi connectivity index (χ1n) is 8.67. The van der Waals surface area contributed by atoms with Gasteiger partial charge in [0.25, 0.3) is 5.91 Å². The van der Waals surface area contributed by atoms with Gasteiger partial charge in [0.1, 0.15) is 11.6 Å². The molecule has 0 saturated carbocycles. The normalized spacial score (nSPS) is 15.4. The average molecular weight is 410 g/mol. The van der Waals surface area contributed by atoms with Gasteiger partial charge < -0.3 is 9.64 Å². The van der Waals surface area contributed by atoms with E-state index in [0.29, 0.717) is 0 Å². The summed E-state index contributed by atoms with van der Waals surface area (Å²) < 4.78 is 60.0. The van der Waals surface area contributed by atoms with Crippen molar-refractivity contribution in [2.75, 3.05) is 33.4 Å². The minimum atomic E-state index is -3.87. The zero-order valence-corrected chi connectivity index (χ0v) is 16.1. The van der Waals surface area contributed by atoms with Gasteiger partial charge in [-0.1, -0.05) is 18.2 Å². The van der Waals surface area contributed by atoms with Gasteiger partial charge in [0.05, 0.1) is 23.7 Å². The van der Waals surface area contributed by atoms with Crippen molar-refractivity contribution < 1.29 is 26.7 Å². The average Bonchev–Trinajstić information content (AvgIpc) is 2.70. The molecule has 1 saturated heterocycles. The highest BCUT2D eigenvalue weighted by Crippen LogP contribution is 2.22. The van der Waals surface area contributed by atoms with Crippen molar-refractivity contribution in [1.82, 2.24) is 9.21 Å². The minimum absolute atomic E-state index is 0.0780. The van der Waals surface area contributed by atoms with Crippen molar-refractivity contribution in [3.63, 3.8) is 0 Å². The number of halogens is 2. The summed E-state index contributed by atoms with van der Waals surface area (Å²) in [6, 6.07) is 9.07. The van der Waals surface area contributed by atoms with E-state index in [1.807, 2.05) is 0 Å². The largest absolute Gasteiger partial charge is 0.379 e. The van der Waals surface area contributed by atoms with E-state index < -0.39 is 27.6 Å². The van der Waals surface area contributed by atoms with E-state index in [2.05, 4.69) is 0 Å². The van der Waals surface area contributed by atoms with E-state index in [9.17, 15) is 22.0 Å². The molecular weight excluding hydrogens is 390 g/mol. The van der Waals surface area contributed by atoms with Crippen LogP contribution >= 0.6 is 0 Å². The van der Waals surface area contributed by atoms with Gasteiger partial charge in [-0.15, -0.1) is 0 Å². The molecule has 1 aliphatic rings. The SMILES string of the molecule is CN(Cc1ccccc1F)C(=O)c1cc(S(=O)(=O)N2CCOCC2)ccc1F. The molecule has 6 nitrogen and oxygen atoms in total. The maximum Gasteiger partial charge on any atom is 0.256 e. The Morgan fingerprint density at radius 1 is 1.11 bits per heavy atom. The molecule has 0 spiro atoms. The van der Waals surface area contributed by atoms with Crippen LogP contribution in [0, 0.1) is 11.6 Å². The fourth-order valence-electron chi connectivity index (χ4n) is 2.92. The minimum Gasteiger partial charge on any atom is -0.379 e. The van der Waals surface area contributed by atoms with E-state index in [0.717, 1.165) is 23.1 Å². The molecule has 28 heavy (non-hydrogen) atoms. The molecule has 1 amide bonds. The second kappa shape index (κ2) is 8.34. The van der Waals surface area contributed by atoms with E-state index >= 15 is 0 Å². The zero-order chi connectivity index (χ0) is 20.3. The van der Waals surface area contributed by atoms with Crippen LogP contribution in [0.4, 0.5) is 8.78 Å². The van der Waals surface area contributed by atoms with Crippen LogP contribution in [0.3, 0.4) is 0 Å². The van der Waals surface area contributed by atoms with Gasteiger partial charge in [-0.25, -0.2) is 17.2 Å². The number of hydrogen-bond donors (Lipinski definition) is 0. The fraction of sp³-hybridized carbons (Fsp3) is 0.316. The Bertz CT molecular complexity index is 976. The third-order valence-corrected chi connectivity index (χ3v) is 6.38. The number of hydrogen-bond acceptors (Lipinski definition) is 4. The number of nitrogens with zero attached hydrogens (tertiary/aromatic N) is 2. The van der Waals surface area contributed by atoms with E-state index in [1.54, 1.807) is 6.07 Å². The van der Waals surface area contributed by atoms with Crippen LogP contribution in [-0.2, 0) is 21.3 Å². The third kappa shape index (κ3) is 4.21. The van der Waals surface area contributed by atoms with Crippen LogP contribution in [0.25, 0.3) is 0 Å². The molecule has 0 aliphatic carbocycles. The molecule has 0 bridgehead atoms. The first kappa shape index (κ1) is 20.4. The second-order valence-electron chi connectivity index (χ2n) is 6.41. The quantitative estimate of drug-likeness (QED) is 0.759. The number of morpholine rings is 1. The highest BCUT2D eigenvalue weighted by molar-refractivity contribution is 7.89. The molecular formula is C19H20F2N2O4S. The van der Waals surface area contributed by atoms with Crippen molar-refractivity contribution in [1.29, 1.82) is 0 Å². The standard InChI is InChI=1S/C19H20F2N2O4S/c1-22(13-14-4-2-3-5-17(14)20)19(24)16-12-15(6-7-18(16)21)28(25,26)23-8-10-27-11-9-23/h2-7,12H,8-11,13H2,1H3. The zero-order valence-electron chi connectivity index (χ0n) is 15.3. The van der Waals surface area contributed by atoms with Gasteiger partial charge in [-0.05, 0) is 24.3 Å². The summed E-state index contributed by atoms with van der Waals surface area (Å²) in [5.41, 5.74) is -0.107. The van der Waals surface area contributed by atoms with E-state index in [4.69, 9.17) is 4.74 Å². The number of rotatable bonds is 5. The first-order valence-corrected chi connectivity index (χ1v) is 10.1. The van der Waals surface area contributed by atoms with Gasteiger partial charge in [-0.3, -0.25) is 4.79 Å². The van der Waals surface area contributed by atoms with Crippen LogP contribution in [-0.4, -0.2) is 56.9 Å². The predicted octanol–water partition coefficient (Wildman–Crippen LogP) is 2.26. The van der Waals surface area contributed by atoms with E-state index in [1.165, 1.54) is 29.6 Å². The lowest BCUT2D eigenvalue weighted by molar-refractivity contribution is 0.0730. The molecule has 0 unspecified atom stereocenters. The summed E-state index contributed by atoms with van der Waals surface area (Å²) in [4.78, 5) is 13.6. The summed E-state index contributed by atoms with van der Waals surface area (Å²) in [6.07, 6.45) is 0. The maximum absolute atomic E-state index is 14.3.